The molecule has 0 bridgehead atoms. The van der Waals surface area contributed by atoms with Gasteiger partial charge in [0.15, 0.2) is 0 Å². The molecule has 1 rings (SSSR count). The van der Waals surface area contributed by atoms with Gasteiger partial charge in [0.05, 0.1) is 12.7 Å². The van der Waals surface area contributed by atoms with E-state index in [1.807, 2.05) is 6.08 Å². The van der Waals surface area contributed by atoms with Crippen molar-refractivity contribution in [2.24, 2.45) is 5.73 Å². The minimum Gasteiger partial charge on any atom is -0.496 e. The molecule has 0 aliphatic heterocycles. The standard InChI is InChI=1S/C11H14FNO/c1-14-11-7-4-6-10(12)9(11)5-2-3-8-13/h2,4-7H,3,8,13H2,1H3. The zero-order valence-electron chi connectivity index (χ0n) is 8.16. The van der Waals surface area contributed by atoms with E-state index in [0.29, 0.717) is 17.9 Å². The second kappa shape index (κ2) is 5.40. The number of hydrogen-bond donors (Lipinski definition) is 1. The highest BCUT2D eigenvalue weighted by atomic mass is 19.1. The number of benzene rings is 1. The maximum atomic E-state index is 13.3. The van der Waals surface area contributed by atoms with Crippen molar-refractivity contribution < 1.29 is 9.13 Å². The molecule has 3 heteroatoms. The van der Waals surface area contributed by atoms with E-state index in [2.05, 4.69) is 0 Å². The first kappa shape index (κ1) is 10.7. The summed E-state index contributed by atoms with van der Waals surface area (Å²) >= 11 is 0. The van der Waals surface area contributed by atoms with Crippen LogP contribution in [0, 0.1) is 5.82 Å². The Bertz CT molecular complexity index is 323. The zero-order chi connectivity index (χ0) is 10.4. The van der Waals surface area contributed by atoms with Crippen LogP contribution in [0.3, 0.4) is 0 Å². The van der Waals surface area contributed by atoms with Crippen LogP contribution in [0.25, 0.3) is 6.08 Å². The van der Waals surface area contributed by atoms with E-state index in [1.165, 1.54) is 13.2 Å². The molecular weight excluding hydrogens is 181 g/mol. The third-order valence-corrected chi connectivity index (χ3v) is 1.85. The predicted molar refractivity (Wildman–Crippen MR) is 55.7 cm³/mol. The van der Waals surface area contributed by atoms with Crippen LogP contribution in [0.1, 0.15) is 12.0 Å². The summed E-state index contributed by atoms with van der Waals surface area (Å²) in [5.74, 6) is 0.260. The maximum absolute atomic E-state index is 13.3. The molecule has 0 aliphatic rings. The van der Waals surface area contributed by atoms with Gasteiger partial charge in [0.2, 0.25) is 0 Å². The Balaban J connectivity index is 2.93. The van der Waals surface area contributed by atoms with Gasteiger partial charge in [-0.15, -0.1) is 0 Å². The molecule has 1 aromatic rings. The van der Waals surface area contributed by atoms with Gasteiger partial charge in [0.1, 0.15) is 11.6 Å². The molecule has 0 fully saturated rings. The monoisotopic (exact) mass is 195 g/mol. The third-order valence-electron chi connectivity index (χ3n) is 1.85. The summed E-state index contributed by atoms with van der Waals surface area (Å²) in [4.78, 5) is 0. The SMILES string of the molecule is COc1cccc(F)c1C=CCCN. The highest BCUT2D eigenvalue weighted by Gasteiger charge is 2.04. The van der Waals surface area contributed by atoms with Gasteiger partial charge in [0.25, 0.3) is 0 Å². The minimum atomic E-state index is -0.280. The number of rotatable bonds is 4. The Kier molecular flexibility index (Phi) is 4.13. The van der Waals surface area contributed by atoms with Gasteiger partial charge in [-0.1, -0.05) is 18.2 Å². The average molecular weight is 195 g/mol. The summed E-state index contributed by atoms with van der Waals surface area (Å²) in [6.07, 6.45) is 4.26. The maximum Gasteiger partial charge on any atom is 0.134 e. The van der Waals surface area contributed by atoms with Crippen LogP contribution in [0.15, 0.2) is 24.3 Å². The Hall–Kier alpha value is -1.35. The topological polar surface area (TPSA) is 35.2 Å². The molecule has 0 aromatic heterocycles. The van der Waals surface area contributed by atoms with Crippen molar-refractivity contribution in [3.05, 3.63) is 35.7 Å². The Labute approximate surface area is 83.2 Å². The Morgan fingerprint density at radius 2 is 2.29 bits per heavy atom. The molecule has 0 saturated heterocycles. The molecule has 0 heterocycles. The van der Waals surface area contributed by atoms with Crippen LogP contribution in [-0.2, 0) is 0 Å². The fourth-order valence-corrected chi connectivity index (χ4v) is 1.15. The predicted octanol–water partition coefficient (Wildman–Crippen LogP) is 2.20. The van der Waals surface area contributed by atoms with E-state index in [1.54, 1.807) is 18.2 Å². The summed E-state index contributed by atoms with van der Waals surface area (Å²) in [5, 5.41) is 0. The lowest BCUT2D eigenvalue weighted by atomic mass is 10.1. The quantitative estimate of drug-likeness (QED) is 0.799. The van der Waals surface area contributed by atoms with Crippen LogP contribution in [-0.4, -0.2) is 13.7 Å². The van der Waals surface area contributed by atoms with Gasteiger partial charge >= 0.3 is 0 Å². The summed E-state index contributed by atoms with van der Waals surface area (Å²) in [7, 11) is 1.52. The average Bonchev–Trinajstić information content (AvgIpc) is 2.20. The van der Waals surface area contributed by atoms with Gasteiger partial charge in [-0.3, -0.25) is 0 Å². The number of nitrogens with two attached hydrogens (primary N) is 1. The van der Waals surface area contributed by atoms with Crippen LogP contribution in [0.2, 0.25) is 0 Å². The van der Waals surface area contributed by atoms with Gasteiger partial charge < -0.3 is 10.5 Å². The second-order valence-electron chi connectivity index (χ2n) is 2.84. The molecule has 2 N–H and O–H groups in total. The molecule has 0 atom stereocenters. The fraction of sp³-hybridized carbons (Fsp3) is 0.273. The molecule has 0 saturated carbocycles. The molecule has 0 unspecified atom stereocenters. The Morgan fingerprint density at radius 1 is 1.50 bits per heavy atom. The molecule has 76 valence electrons. The number of ether oxygens (including phenoxy) is 1. The summed E-state index contributed by atoms with van der Waals surface area (Å²) in [6.45, 7) is 0.563. The van der Waals surface area contributed by atoms with Gasteiger partial charge in [-0.05, 0) is 25.1 Å². The third kappa shape index (κ3) is 2.57. The van der Waals surface area contributed by atoms with Crippen molar-refractivity contribution in [3.63, 3.8) is 0 Å². The lowest BCUT2D eigenvalue weighted by molar-refractivity contribution is 0.410. The highest BCUT2D eigenvalue weighted by molar-refractivity contribution is 5.57. The van der Waals surface area contributed by atoms with Crippen LogP contribution in [0.5, 0.6) is 5.75 Å². The van der Waals surface area contributed by atoms with Crippen molar-refractivity contribution in [3.8, 4) is 5.75 Å². The van der Waals surface area contributed by atoms with E-state index in [-0.39, 0.29) is 5.82 Å². The van der Waals surface area contributed by atoms with Crippen molar-refractivity contribution >= 4 is 6.08 Å². The molecule has 0 spiro atoms. The van der Waals surface area contributed by atoms with Gasteiger partial charge in [-0.2, -0.15) is 0 Å². The first-order valence-electron chi connectivity index (χ1n) is 4.48. The van der Waals surface area contributed by atoms with Crippen LogP contribution in [0.4, 0.5) is 4.39 Å². The van der Waals surface area contributed by atoms with Crippen molar-refractivity contribution in [2.75, 3.05) is 13.7 Å². The molecule has 0 radical (unpaired) electrons. The molecular formula is C11H14FNO. The fourth-order valence-electron chi connectivity index (χ4n) is 1.15. The Morgan fingerprint density at radius 3 is 2.93 bits per heavy atom. The number of methoxy groups -OCH3 is 1. The van der Waals surface area contributed by atoms with Gasteiger partial charge in [-0.25, -0.2) is 4.39 Å². The van der Waals surface area contributed by atoms with Crippen LogP contribution < -0.4 is 10.5 Å². The highest BCUT2D eigenvalue weighted by Crippen LogP contribution is 2.22. The molecule has 2 nitrogen and oxygen atoms in total. The lowest BCUT2D eigenvalue weighted by Crippen LogP contribution is -1.95. The van der Waals surface area contributed by atoms with E-state index < -0.39 is 0 Å². The summed E-state index contributed by atoms with van der Waals surface area (Å²) in [5.41, 5.74) is 5.80. The first-order chi connectivity index (χ1) is 6.79. The molecule has 14 heavy (non-hydrogen) atoms. The lowest BCUT2D eigenvalue weighted by Gasteiger charge is -2.04. The normalized spacial score (nSPS) is 10.8. The number of halogens is 1. The van der Waals surface area contributed by atoms with Crippen molar-refractivity contribution in [2.45, 2.75) is 6.42 Å². The minimum absolute atomic E-state index is 0.280. The molecule has 0 amide bonds. The zero-order valence-corrected chi connectivity index (χ0v) is 8.16. The van der Waals surface area contributed by atoms with Crippen molar-refractivity contribution in [1.82, 2.24) is 0 Å². The molecule has 0 aliphatic carbocycles. The summed E-state index contributed by atoms with van der Waals surface area (Å²) in [6, 6.07) is 4.75. The smallest absolute Gasteiger partial charge is 0.134 e. The second-order valence-corrected chi connectivity index (χ2v) is 2.84. The van der Waals surface area contributed by atoms with Crippen molar-refractivity contribution in [1.29, 1.82) is 0 Å². The van der Waals surface area contributed by atoms with E-state index in [9.17, 15) is 4.39 Å². The number of hydrogen-bond acceptors (Lipinski definition) is 2. The van der Waals surface area contributed by atoms with Gasteiger partial charge in [0, 0.05) is 0 Å². The van der Waals surface area contributed by atoms with E-state index in [4.69, 9.17) is 10.5 Å². The van der Waals surface area contributed by atoms with E-state index in [0.717, 1.165) is 6.42 Å². The largest absolute Gasteiger partial charge is 0.496 e. The van der Waals surface area contributed by atoms with Crippen LogP contribution >= 0.6 is 0 Å². The molecule has 1 aromatic carbocycles. The first-order valence-corrected chi connectivity index (χ1v) is 4.48. The van der Waals surface area contributed by atoms with E-state index >= 15 is 0 Å². The summed E-state index contributed by atoms with van der Waals surface area (Å²) < 4.78 is 18.3.